The standard InChI is InChI=1S/C21H32N4O2S/c1-16(2)22-20(28)24-11-9-21(10-12-24)23-18(15-17-7-5-4-6-8-17)19(26)25(21)13-14-27-3/h4-8,16,18,23H,9-15H2,1-3H3,(H,22,28)/t18-/m0/s1. The molecule has 2 saturated heterocycles. The molecule has 154 valence electrons. The van der Waals surface area contributed by atoms with E-state index in [9.17, 15) is 4.79 Å². The summed E-state index contributed by atoms with van der Waals surface area (Å²) in [4.78, 5) is 17.4. The minimum Gasteiger partial charge on any atom is -0.383 e. The van der Waals surface area contributed by atoms with Gasteiger partial charge in [0, 0.05) is 45.6 Å². The van der Waals surface area contributed by atoms with Gasteiger partial charge in [-0.1, -0.05) is 30.3 Å². The Morgan fingerprint density at radius 3 is 2.61 bits per heavy atom. The van der Waals surface area contributed by atoms with Crippen molar-refractivity contribution in [3.8, 4) is 0 Å². The summed E-state index contributed by atoms with van der Waals surface area (Å²) < 4.78 is 5.28. The van der Waals surface area contributed by atoms with Gasteiger partial charge in [0.1, 0.15) is 0 Å². The SMILES string of the molecule is COCCN1C(=O)[C@H](Cc2ccccc2)NC12CCN(C(=S)NC(C)C)CC2. The number of hydrogen-bond donors (Lipinski definition) is 2. The van der Waals surface area contributed by atoms with Crippen LogP contribution in [0, 0.1) is 0 Å². The van der Waals surface area contributed by atoms with Crippen molar-refractivity contribution in [1.29, 1.82) is 0 Å². The van der Waals surface area contributed by atoms with Gasteiger partial charge in [-0.2, -0.15) is 0 Å². The molecule has 2 aliphatic heterocycles. The van der Waals surface area contributed by atoms with Crippen molar-refractivity contribution in [1.82, 2.24) is 20.4 Å². The van der Waals surface area contributed by atoms with Crippen LogP contribution in [0.4, 0.5) is 0 Å². The molecule has 1 atom stereocenters. The number of benzene rings is 1. The highest BCUT2D eigenvalue weighted by Crippen LogP contribution is 2.33. The molecule has 7 heteroatoms. The van der Waals surface area contributed by atoms with E-state index in [1.807, 2.05) is 23.1 Å². The van der Waals surface area contributed by atoms with Crippen LogP contribution in [0.1, 0.15) is 32.3 Å². The fourth-order valence-corrected chi connectivity index (χ4v) is 4.61. The monoisotopic (exact) mass is 404 g/mol. The molecule has 3 rings (SSSR count). The third kappa shape index (κ3) is 4.64. The van der Waals surface area contributed by atoms with E-state index in [-0.39, 0.29) is 17.6 Å². The lowest BCUT2D eigenvalue weighted by atomic mass is 9.96. The number of nitrogens with one attached hydrogen (secondary N) is 2. The molecule has 0 saturated carbocycles. The van der Waals surface area contributed by atoms with Crippen LogP contribution in [0.15, 0.2) is 30.3 Å². The quantitative estimate of drug-likeness (QED) is 0.705. The topological polar surface area (TPSA) is 56.8 Å². The number of carbonyl (C=O) groups is 1. The third-order valence-corrected chi connectivity index (χ3v) is 5.99. The van der Waals surface area contributed by atoms with Crippen LogP contribution in [0.2, 0.25) is 0 Å². The van der Waals surface area contributed by atoms with Gasteiger partial charge in [0.2, 0.25) is 5.91 Å². The molecule has 1 aromatic carbocycles. The smallest absolute Gasteiger partial charge is 0.241 e. The molecule has 0 radical (unpaired) electrons. The molecular formula is C21H32N4O2S. The molecule has 2 N–H and O–H groups in total. The van der Waals surface area contributed by atoms with Crippen molar-refractivity contribution in [2.24, 2.45) is 0 Å². The number of amides is 1. The summed E-state index contributed by atoms with van der Waals surface area (Å²) in [5.41, 5.74) is 0.871. The summed E-state index contributed by atoms with van der Waals surface area (Å²) in [7, 11) is 1.68. The van der Waals surface area contributed by atoms with E-state index in [2.05, 4.69) is 41.5 Å². The summed E-state index contributed by atoms with van der Waals surface area (Å²) in [6, 6.07) is 10.3. The number of ether oxygens (including phenoxy) is 1. The maximum atomic E-state index is 13.2. The number of hydrogen-bond acceptors (Lipinski definition) is 4. The van der Waals surface area contributed by atoms with Gasteiger partial charge in [-0.05, 0) is 38.0 Å². The zero-order valence-corrected chi connectivity index (χ0v) is 17.9. The van der Waals surface area contributed by atoms with E-state index in [1.54, 1.807) is 7.11 Å². The Morgan fingerprint density at radius 1 is 1.32 bits per heavy atom. The van der Waals surface area contributed by atoms with Gasteiger partial charge in [0.15, 0.2) is 5.11 Å². The Morgan fingerprint density at radius 2 is 2.00 bits per heavy atom. The fraction of sp³-hybridized carbons (Fsp3) is 0.619. The number of rotatable bonds is 6. The number of thiocarbonyl (C=S) groups is 1. The Hall–Kier alpha value is -1.70. The van der Waals surface area contributed by atoms with Crippen LogP contribution in [-0.4, -0.2) is 71.9 Å². The number of nitrogens with zero attached hydrogens (tertiary/aromatic N) is 2. The maximum absolute atomic E-state index is 13.2. The highest BCUT2D eigenvalue weighted by atomic mass is 32.1. The van der Waals surface area contributed by atoms with E-state index in [0.29, 0.717) is 25.6 Å². The van der Waals surface area contributed by atoms with Gasteiger partial charge < -0.3 is 19.9 Å². The normalized spacial score (nSPS) is 21.6. The minimum absolute atomic E-state index is 0.178. The first-order chi connectivity index (χ1) is 13.4. The van der Waals surface area contributed by atoms with Crippen molar-refractivity contribution < 1.29 is 9.53 Å². The Labute approximate surface area is 173 Å². The van der Waals surface area contributed by atoms with E-state index in [4.69, 9.17) is 17.0 Å². The summed E-state index contributed by atoms with van der Waals surface area (Å²) in [6.07, 6.45) is 2.42. The highest BCUT2D eigenvalue weighted by Gasteiger charge is 2.51. The lowest BCUT2D eigenvalue weighted by Crippen LogP contribution is -2.61. The Balaban J connectivity index is 1.71. The van der Waals surface area contributed by atoms with Gasteiger partial charge in [-0.3, -0.25) is 10.1 Å². The average molecular weight is 405 g/mol. The molecule has 2 aliphatic rings. The molecule has 2 heterocycles. The van der Waals surface area contributed by atoms with Crippen LogP contribution in [-0.2, 0) is 16.0 Å². The highest BCUT2D eigenvalue weighted by molar-refractivity contribution is 7.80. The lowest BCUT2D eigenvalue weighted by Gasteiger charge is -2.45. The van der Waals surface area contributed by atoms with Crippen molar-refractivity contribution in [2.45, 2.75) is 50.9 Å². The van der Waals surface area contributed by atoms with Gasteiger partial charge in [-0.25, -0.2) is 0 Å². The van der Waals surface area contributed by atoms with Crippen molar-refractivity contribution in [2.75, 3.05) is 33.4 Å². The van der Waals surface area contributed by atoms with Gasteiger partial charge >= 0.3 is 0 Å². The third-order valence-electron chi connectivity index (χ3n) is 5.62. The first-order valence-electron chi connectivity index (χ1n) is 10.1. The second-order valence-corrected chi connectivity index (χ2v) is 8.38. The average Bonchev–Trinajstić information content (AvgIpc) is 2.91. The van der Waals surface area contributed by atoms with Crippen LogP contribution in [0.25, 0.3) is 0 Å². The summed E-state index contributed by atoms with van der Waals surface area (Å²) in [5, 5.41) is 7.82. The number of likely N-dealkylation sites (tertiary alicyclic amines) is 1. The molecule has 2 fully saturated rings. The first-order valence-corrected chi connectivity index (χ1v) is 10.5. The molecule has 1 spiro atoms. The molecule has 28 heavy (non-hydrogen) atoms. The predicted octanol–water partition coefficient (Wildman–Crippen LogP) is 1.75. The molecule has 0 aliphatic carbocycles. The van der Waals surface area contributed by atoms with Gasteiger partial charge in [0.25, 0.3) is 0 Å². The molecule has 0 bridgehead atoms. The van der Waals surface area contributed by atoms with Gasteiger partial charge in [-0.15, -0.1) is 0 Å². The van der Waals surface area contributed by atoms with E-state index in [0.717, 1.165) is 31.0 Å². The zero-order chi connectivity index (χ0) is 20.1. The number of methoxy groups -OCH3 is 1. The van der Waals surface area contributed by atoms with E-state index < -0.39 is 0 Å². The van der Waals surface area contributed by atoms with Crippen LogP contribution >= 0.6 is 12.2 Å². The largest absolute Gasteiger partial charge is 0.383 e. The second-order valence-electron chi connectivity index (χ2n) is 7.99. The minimum atomic E-state index is -0.307. The van der Waals surface area contributed by atoms with Crippen LogP contribution < -0.4 is 10.6 Å². The lowest BCUT2D eigenvalue weighted by molar-refractivity contribution is -0.134. The molecule has 1 amide bonds. The molecule has 0 aromatic heterocycles. The molecule has 1 aromatic rings. The maximum Gasteiger partial charge on any atom is 0.241 e. The number of carbonyl (C=O) groups excluding carboxylic acids is 1. The van der Waals surface area contributed by atoms with E-state index in [1.165, 1.54) is 5.56 Å². The first kappa shape index (κ1) is 21.0. The molecular weight excluding hydrogens is 372 g/mol. The Kier molecular flexibility index (Phi) is 6.91. The van der Waals surface area contributed by atoms with Crippen molar-refractivity contribution >= 4 is 23.2 Å². The zero-order valence-electron chi connectivity index (χ0n) is 17.1. The van der Waals surface area contributed by atoms with Crippen LogP contribution in [0.3, 0.4) is 0 Å². The summed E-state index contributed by atoms with van der Waals surface area (Å²) in [6.45, 7) is 7.01. The van der Waals surface area contributed by atoms with Crippen molar-refractivity contribution in [3.63, 3.8) is 0 Å². The fourth-order valence-electron chi connectivity index (χ4n) is 4.19. The predicted molar refractivity (Wildman–Crippen MR) is 115 cm³/mol. The summed E-state index contributed by atoms with van der Waals surface area (Å²) in [5.74, 6) is 0.178. The molecule has 0 unspecified atom stereocenters. The van der Waals surface area contributed by atoms with Crippen LogP contribution in [0.5, 0.6) is 0 Å². The summed E-state index contributed by atoms with van der Waals surface area (Å²) >= 11 is 5.54. The van der Waals surface area contributed by atoms with Gasteiger partial charge in [0.05, 0.1) is 18.3 Å². The molecule has 6 nitrogen and oxygen atoms in total. The van der Waals surface area contributed by atoms with Crippen molar-refractivity contribution in [3.05, 3.63) is 35.9 Å². The Bertz CT molecular complexity index is 674. The van der Waals surface area contributed by atoms with E-state index >= 15 is 0 Å². The second kappa shape index (κ2) is 9.20. The number of piperidine rings is 1.